The van der Waals surface area contributed by atoms with Crippen LogP contribution in [0.2, 0.25) is 0 Å². The Balaban J connectivity index is 1.46. The quantitative estimate of drug-likeness (QED) is 0.639. The second-order valence-corrected chi connectivity index (χ2v) is 9.58. The standard InChI is InChI=1S/C23H32N4OS/c1-27-21(25-26-23(27)29-16-18-11-6-3-7-12-18)20(15-17-9-4-2-5-10-17)24-22(28)19-13-8-14-19/h2,4-5,9-10,18-20H,3,6-8,11-16H2,1H3,(H,24,28)/t20-/m1/s1. The molecular weight excluding hydrogens is 380 g/mol. The van der Waals surface area contributed by atoms with E-state index in [4.69, 9.17) is 0 Å². The first kappa shape index (κ1) is 20.5. The predicted molar refractivity (Wildman–Crippen MR) is 117 cm³/mol. The summed E-state index contributed by atoms with van der Waals surface area (Å²) in [6.07, 6.45) is 10.7. The monoisotopic (exact) mass is 412 g/mol. The van der Waals surface area contributed by atoms with Gasteiger partial charge < -0.3 is 9.88 Å². The summed E-state index contributed by atoms with van der Waals surface area (Å²) >= 11 is 1.82. The van der Waals surface area contributed by atoms with Gasteiger partial charge in [0.2, 0.25) is 5.91 Å². The smallest absolute Gasteiger partial charge is 0.223 e. The van der Waals surface area contributed by atoms with Crippen molar-refractivity contribution in [1.29, 1.82) is 0 Å². The van der Waals surface area contributed by atoms with E-state index in [-0.39, 0.29) is 17.9 Å². The molecule has 1 atom stereocenters. The van der Waals surface area contributed by atoms with Gasteiger partial charge in [-0.05, 0) is 43.6 Å². The summed E-state index contributed by atoms with van der Waals surface area (Å²) in [5, 5.41) is 13.2. The highest BCUT2D eigenvalue weighted by atomic mass is 32.2. The fraction of sp³-hybridized carbons (Fsp3) is 0.609. The lowest BCUT2D eigenvalue weighted by Crippen LogP contribution is -2.38. The first-order chi connectivity index (χ1) is 14.2. The molecule has 0 bridgehead atoms. The van der Waals surface area contributed by atoms with Crippen molar-refractivity contribution in [2.45, 2.75) is 69.0 Å². The van der Waals surface area contributed by atoms with Gasteiger partial charge >= 0.3 is 0 Å². The van der Waals surface area contributed by atoms with Crippen LogP contribution in [0.5, 0.6) is 0 Å². The van der Waals surface area contributed by atoms with Crippen molar-refractivity contribution in [2.75, 3.05) is 5.75 Å². The van der Waals surface area contributed by atoms with Crippen LogP contribution in [0, 0.1) is 11.8 Å². The van der Waals surface area contributed by atoms with E-state index in [1.54, 1.807) is 0 Å². The first-order valence-corrected chi connectivity index (χ1v) is 12.1. The van der Waals surface area contributed by atoms with E-state index in [2.05, 4.69) is 32.2 Å². The van der Waals surface area contributed by atoms with Crippen LogP contribution in [0.4, 0.5) is 0 Å². The zero-order valence-electron chi connectivity index (χ0n) is 17.3. The van der Waals surface area contributed by atoms with Crippen molar-refractivity contribution in [2.24, 2.45) is 18.9 Å². The Labute approximate surface area is 178 Å². The van der Waals surface area contributed by atoms with Crippen molar-refractivity contribution in [3.05, 3.63) is 41.7 Å². The lowest BCUT2D eigenvalue weighted by molar-refractivity contribution is -0.128. The fourth-order valence-electron chi connectivity index (χ4n) is 4.32. The van der Waals surface area contributed by atoms with Crippen LogP contribution in [0.3, 0.4) is 0 Å². The summed E-state index contributed by atoms with van der Waals surface area (Å²) in [7, 11) is 2.03. The number of carbonyl (C=O) groups excluding carboxylic acids is 1. The maximum atomic E-state index is 12.7. The number of rotatable bonds is 8. The molecular formula is C23H32N4OS. The van der Waals surface area contributed by atoms with Gasteiger partial charge in [0.05, 0.1) is 6.04 Å². The second-order valence-electron chi connectivity index (χ2n) is 8.59. The van der Waals surface area contributed by atoms with Crippen molar-refractivity contribution in [3.63, 3.8) is 0 Å². The van der Waals surface area contributed by atoms with E-state index < -0.39 is 0 Å². The van der Waals surface area contributed by atoms with Gasteiger partial charge in [-0.25, -0.2) is 0 Å². The molecule has 2 fully saturated rings. The average Bonchev–Trinajstić information content (AvgIpc) is 3.06. The molecule has 1 aromatic carbocycles. The van der Waals surface area contributed by atoms with Crippen LogP contribution < -0.4 is 5.32 Å². The van der Waals surface area contributed by atoms with Gasteiger partial charge in [0.15, 0.2) is 11.0 Å². The molecule has 1 heterocycles. The molecule has 29 heavy (non-hydrogen) atoms. The largest absolute Gasteiger partial charge is 0.345 e. The molecule has 6 heteroatoms. The molecule has 0 radical (unpaired) electrons. The van der Waals surface area contributed by atoms with Crippen molar-refractivity contribution in [3.8, 4) is 0 Å². The van der Waals surface area contributed by atoms with Gasteiger partial charge in [0.25, 0.3) is 0 Å². The van der Waals surface area contributed by atoms with Gasteiger partial charge in [0.1, 0.15) is 0 Å². The molecule has 0 unspecified atom stereocenters. The Morgan fingerprint density at radius 3 is 2.55 bits per heavy atom. The number of nitrogens with zero attached hydrogens (tertiary/aromatic N) is 3. The van der Waals surface area contributed by atoms with Crippen LogP contribution in [0.25, 0.3) is 0 Å². The number of benzene rings is 1. The number of aromatic nitrogens is 3. The van der Waals surface area contributed by atoms with Crippen LogP contribution in [-0.2, 0) is 18.3 Å². The van der Waals surface area contributed by atoms with E-state index in [0.29, 0.717) is 0 Å². The summed E-state index contributed by atoms with van der Waals surface area (Å²) < 4.78 is 2.09. The molecule has 5 nitrogen and oxygen atoms in total. The number of carbonyl (C=O) groups is 1. The average molecular weight is 413 g/mol. The third kappa shape index (κ3) is 5.21. The van der Waals surface area contributed by atoms with Crippen LogP contribution in [0.15, 0.2) is 35.5 Å². The maximum absolute atomic E-state index is 12.7. The van der Waals surface area contributed by atoms with E-state index in [1.807, 2.05) is 37.0 Å². The maximum Gasteiger partial charge on any atom is 0.223 e. The third-order valence-electron chi connectivity index (χ3n) is 6.43. The Morgan fingerprint density at radius 1 is 1.10 bits per heavy atom. The molecule has 1 aromatic heterocycles. The topological polar surface area (TPSA) is 59.8 Å². The Bertz CT molecular complexity index is 796. The molecule has 0 aliphatic heterocycles. The number of hydrogen-bond donors (Lipinski definition) is 1. The summed E-state index contributed by atoms with van der Waals surface area (Å²) in [5.74, 6) is 3.10. The van der Waals surface area contributed by atoms with Gasteiger partial charge in [-0.2, -0.15) is 0 Å². The van der Waals surface area contributed by atoms with E-state index in [1.165, 1.54) is 37.7 Å². The number of thioether (sulfide) groups is 1. The van der Waals surface area contributed by atoms with Gasteiger partial charge in [-0.3, -0.25) is 4.79 Å². The normalized spacial score (nSPS) is 18.9. The molecule has 4 rings (SSSR count). The third-order valence-corrected chi connectivity index (χ3v) is 7.68. The summed E-state index contributed by atoms with van der Waals surface area (Å²) in [6.45, 7) is 0. The minimum absolute atomic E-state index is 0.146. The molecule has 2 aliphatic carbocycles. The highest BCUT2D eigenvalue weighted by Gasteiger charge is 2.29. The van der Waals surface area contributed by atoms with E-state index in [9.17, 15) is 4.79 Å². The summed E-state index contributed by atoms with van der Waals surface area (Å²) in [5.41, 5.74) is 1.20. The van der Waals surface area contributed by atoms with Gasteiger partial charge in [-0.15, -0.1) is 10.2 Å². The number of amides is 1. The van der Waals surface area contributed by atoms with Gasteiger partial charge in [-0.1, -0.05) is 67.8 Å². The lowest BCUT2D eigenvalue weighted by atomic mass is 9.84. The van der Waals surface area contributed by atoms with Crippen LogP contribution in [-0.4, -0.2) is 26.4 Å². The van der Waals surface area contributed by atoms with E-state index >= 15 is 0 Å². The van der Waals surface area contributed by atoms with Crippen molar-refractivity contribution >= 4 is 17.7 Å². The van der Waals surface area contributed by atoms with Crippen LogP contribution in [0.1, 0.15) is 68.8 Å². The minimum atomic E-state index is -0.146. The van der Waals surface area contributed by atoms with Crippen molar-refractivity contribution in [1.82, 2.24) is 20.1 Å². The molecule has 156 valence electrons. The number of hydrogen-bond acceptors (Lipinski definition) is 4. The van der Waals surface area contributed by atoms with Crippen LogP contribution >= 0.6 is 11.8 Å². The molecule has 0 spiro atoms. The second kappa shape index (κ2) is 9.79. The SMILES string of the molecule is Cn1c(SCC2CCCCC2)nnc1[C@@H](Cc1ccccc1)NC(=O)C1CCC1. The zero-order chi connectivity index (χ0) is 20.1. The fourth-order valence-corrected chi connectivity index (χ4v) is 5.42. The van der Waals surface area contributed by atoms with Gasteiger partial charge in [0, 0.05) is 18.7 Å². The molecule has 0 saturated heterocycles. The number of nitrogens with one attached hydrogen (secondary N) is 1. The predicted octanol–water partition coefficient (Wildman–Crippen LogP) is 4.69. The molecule has 1 amide bonds. The van der Waals surface area contributed by atoms with Crippen molar-refractivity contribution < 1.29 is 4.79 Å². The zero-order valence-corrected chi connectivity index (χ0v) is 18.2. The molecule has 1 N–H and O–H groups in total. The minimum Gasteiger partial charge on any atom is -0.345 e. The Morgan fingerprint density at radius 2 is 1.86 bits per heavy atom. The highest BCUT2D eigenvalue weighted by Crippen LogP contribution is 2.31. The summed E-state index contributed by atoms with van der Waals surface area (Å²) in [4.78, 5) is 12.7. The molecule has 2 saturated carbocycles. The highest BCUT2D eigenvalue weighted by molar-refractivity contribution is 7.99. The Hall–Kier alpha value is -1.82. The first-order valence-electron chi connectivity index (χ1n) is 11.1. The Kier molecular flexibility index (Phi) is 6.90. The molecule has 2 aromatic rings. The summed E-state index contributed by atoms with van der Waals surface area (Å²) in [6, 6.07) is 10.2. The lowest BCUT2D eigenvalue weighted by Gasteiger charge is -2.27. The molecule has 2 aliphatic rings. The van der Waals surface area contributed by atoms with E-state index in [0.717, 1.165) is 48.3 Å².